The van der Waals surface area contributed by atoms with Crippen LogP contribution in [0.25, 0.3) is 0 Å². The van der Waals surface area contributed by atoms with Crippen molar-refractivity contribution in [2.75, 3.05) is 13.7 Å². The van der Waals surface area contributed by atoms with Crippen molar-refractivity contribution in [3.63, 3.8) is 0 Å². The Morgan fingerprint density at radius 2 is 2.22 bits per heavy atom. The molecular weight excluding hydrogens is 114 g/mol. The van der Waals surface area contributed by atoms with Crippen LogP contribution in [0.15, 0.2) is 0 Å². The second-order valence-electron chi connectivity index (χ2n) is 3.31. The molecule has 0 aliphatic carbocycles. The molecule has 54 valence electrons. The number of hydrogen-bond acceptors (Lipinski definition) is 2. The van der Waals surface area contributed by atoms with Gasteiger partial charge < -0.3 is 4.74 Å². The van der Waals surface area contributed by atoms with E-state index >= 15 is 0 Å². The van der Waals surface area contributed by atoms with Crippen molar-refractivity contribution >= 4 is 0 Å². The van der Waals surface area contributed by atoms with E-state index in [-0.39, 0.29) is 6.23 Å². The van der Waals surface area contributed by atoms with Crippen LogP contribution in [0, 0.1) is 5.41 Å². The molecule has 1 rings (SSSR count). The van der Waals surface area contributed by atoms with Crippen molar-refractivity contribution < 1.29 is 4.74 Å². The molecule has 0 aromatic heterocycles. The lowest BCUT2D eigenvalue weighted by atomic mass is 9.91. The van der Waals surface area contributed by atoms with Crippen LogP contribution in [0.4, 0.5) is 0 Å². The molecule has 0 bridgehead atoms. The van der Waals surface area contributed by atoms with E-state index in [0.717, 1.165) is 6.54 Å². The van der Waals surface area contributed by atoms with Crippen LogP contribution < -0.4 is 5.32 Å². The number of nitrogens with one attached hydrogen (secondary N) is 1. The summed E-state index contributed by atoms with van der Waals surface area (Å²) in [5, 5.41) is 3.27. The Kier molecular flexibility index (Phi) is 1.78. The molecule has 0 radical (unpaired) electrons. The van der Waals surface area contributed by atoms with Crippen molar-refractivity contribution in [1.82, 2.24) is 5.32 Å². The molecule has 1 aliphatic rings. The van der Waals surface area contributed by atoms with Crippen LogP contribution in [0.3, 0.4) is 0 Å². The monoisotopic (exact) mass is 129 g/mol. The first-order valence-electron chi connectivity index (χ1n) is 3.43. The van der Waals surface area contributed by atoms with E-state index in [9.17, 15) is 0 Å². The van der Waals surface area contributed by atoms with Crippen LogP contribution in [-0.4, -0.2) is 19.9 Å². The summed E-state index contributed by atoms with van der Waals surface area (Å²) in [6.45, 7) is 5.54. The van der Waals surface area contributed by atoms with E-state index in [2.05, 4.69) is 19.2 Å². The van der Waals surface area contributed by atoms with Gasteiger partial charge in [-0.3, -0.25) is 5.32 Å². The van der Waals surface area contributed by atoms with Crippen molar-refractivity contribution in [3.8, 4) is 0 Å². The van der Waals surface area contributed by atoms with Gasteiger partial charge in [0.15, 0.2) is 0 Å². The highest BCUT2D eigenvalue weighted by atomic mass is 16.5. The zero-order valence-corrected chi connectivity index (χ0v) is 6.40. The Morgan fingerprint density at radius 3 is 2.44 bits per heavy atom. The van der Waals surface area contributed by atoms with Gasteiger partial charge in [-0.05, 0) is 13.0 Å². The summed E-state index contributed by atoms with van der Waals surface area (Å²) in [6.07, 6.45) is 1.48. The summed E-state index contributed by atoms with van der Waals surface area (Å²) < 4.78 is 5.22. The Bertz CT molecular complexity index is 101. The largest absolute Gasteiger partial charge is 0.366 e. The molecule has 1 unspecified atom stereocenters. The van der Waals surface area contributed by atoms with Crippen LogP contribution in [0.2, 0.25) is 0 Å². The Labute approximate surface area is 56.6 Å². The first-order valence-corrected chi connectivity index (χ1v) is 3.43. The predicted octanol–water partition coefficient (Wildman–Crippen LogP) is 0.978. The third-order valence-corrected chi connectivity index (χ3v) is 2.04. The maximum atomic E-state index is 5.22. The highest BCUT2D eigenvalue weighted by Gasteiger charge is 2.33. The van der Waals surface area contributed by atoms with E-state index in [0.29, 0.717) is 5.41 Å². The zero-order chi connectivity index (χ0) is 6.91. The topological polar surface area (TPSA) is 21.3 Å². The average Bonchev–Trinajstić information content (AvgIpc) is 2.08. The summed E-state index contributed by atoms with van der Waals surface area (Å²) in [6, 6.07) is 0. The molecule has 0 saturated carbocycles. The molecule has 2 nitrogen and oxygen atoms in total. The molecule has 0 amide bonds. The highest BCUT2D eigenvalue weighted by molar-refractivity contribution is 4.84. The summed E-state index contributed by atoms with van der Waals surface area (Å²) in [4.78, 5) is 0. The molecule has 1 saturated heterocycles. The predicted molar refractivity (Wildman–Crippen MR) is 37.2 cm³/mol. The number of rotatable bonds is 1. The first kappa shape index (κ1) is 7.03. The van der Waals surface area contributed by atoms with E-state index in [1.807, 2.05) is 0 Å². The fraction of sp³-hybridized carbons (Fsp3) is 1.00. The number of hydrogen-bond donors (Lipinski definition) is 1. The summed E-state index contributed by atoms with van der Waals surface area (Å²) in [5.41, 5.74) is 0.328. The summed E-state index contributed by atoms with van der Waals surface area (Å²) >= 11 is 0. The SMILES string of the molecule is COC1NCCC1(C)C. The van der Waals surface area contributed by atoms with Crippen LogP contribution in [0.5, 0.6) is 0 Å². The van der Waals surface area contributed by atoms with Crippen LogP contribution >= 0.6 is 0 Å². The van der Waals surface area contributed by atoms with Gasteiger partial charge in [0.1, 0.15) is 6.23 Å². The van der Waals surface area contributed by atoms with E-state index in [4.69, 9.17) is 4.74 Å². The lowest BCUT2D eigenvalue weighted by molar-refractivity contribution is 0.0156. The molecule has 0 aromatic rings. The molecule has 1 heterocycles. The van der Waals surface area contributed by atoms with E-state index in [1.165, 1.54) is 6.42 Å². The second kappa shape index (κ2) is 2.27. The van der Waals surface area contributed by atoms with E-state index in [1.54, 1.807) is 7.11 Å². The number of ether oxygens (including phenoxy) is 1. The normalized spacial score (nSPS) is 33.0. The van der Waals surface area contributed by atoms with E-state index < -0.39 is 0 Å². The van der Waals surface area contributed by atoms with Crippen molar-refractivity contribution in [2.24, 2.45) is 5.41 Å². The fourth-order valence-electron chi connectivity index (χ4n) is 1.34. The zero-order valence-electron chi connectivity index (χ0n) is 6.40. The van der Waals surface area contributed by atoms with Crippen molar-refractivity contribution in [1.29, 1.82) is 0 Å². The van der Waals surface area contributed by atoms with Gasteiger partial charge in [0.25, 0.3) is 0 Å². The Balaban J connectivity index is 2.52. The molecule has 1 atom stereocenters. The highest BCUT2D eigenvalue weighted by Crippen LogP contribution is 2.29. The molecule has 9 heavy (non-hydrogen) atoms. The van der Waals surface area contributed by atoms with Gasteiger partial charge in [-0.25, -0.2) is 0 Å². The van der Waals surface area contributed by atoms with Crippen LogP contribution in [-0.2, 0) is 4.74 Å². The third-order valence-electron chi connectivity index (χ3n) is 2.04. The van der Waals surface area contributed by atoms with Gasteiger partial charge in [0.2, 0.25) is 0 Å². The summed E-state index contributed by atoms with van der Waals surface area (Å²) in [5.74, 6) is 0. The summed E-state index contributed by atoms with van der Waals surface area (Å²) in [7, 11) is 1.75. The molecule has 0 spiro atoms. The molecule has 0 aromatic carbocycles. The molecule has 1 aliphatic heterocycles. The van der Waals surface area contributed by atoms with Gasteiger partial charge >= 0.3 is 0 Å². The minimum atomic E-state index is 0.262. The second-order valence-corrected chi connectivity index (χ2v) is 3.31. The van der Waals surface area contributed by atoms with Crippen molar-refractivity contribution in [2.45, 2.75) is 26.5 Å². The maximum absolute atomic E-state index is 5.22. The lowest BCUT2D eigenvalue weighted by Gasteiger charge is -2.24. The van der Waals surface area contributed by atoms with Gasteiger partial charge in [0.05, 0.1) is 0 Å². The standard InChI is InChI=1S/C7H15NO/c1-7(2)4-5-8-6(7)9-3/h6,8H,4-5H2,1-3H3. The Morgan fingerprint density at radius 1 is 1.56 bits per heavy atom. The quantitative estimate of drug-likeness (QED) is 0.570. The first-order chi connectivity index (χ1) is 4.17. The van der Waals surface area contributed by atoms with Gasteiger partial charge in [-0.2, -0.15) is 0 Å². The maximum Gasteiger partial charge on any atom is 0.112 e. The minimum Gasteiger partial charge on any atom is -0.366 e. The van der Waals surface area contributed by atoms with Gasteiger partial charge in [0, 0.05) is 12.5 Å². The number of methoxy groups -OCH3 is 1. The molecule has 1 N–H and O–H groups in total. The van der Waals surface area contributed by atoms with Gasteiger partial charge in [-0.1, -0.05) is 13.8 Å². The van der Waals surface area contributed by atoms with Crippen LogP contribution in [0.1, 0.15) is 20.3 Å². The smallest absolute Gasteiger partial charge is 0.112 e. The third kappa shape index (κ3) is 1.25. The molecule has 1 fully saturated rings. The van der Waals surface area contributed by atoms with Gasteiger partial charge in [-0.15, -0.1) is 0 Å². The fourth-order valence-corrected chi connectivity index (χ4v) is 1.34. The average molecular weight is 129 g/mol. The molecular formula is C7H15NO. The van der Waals surface area contributed by atoms with Crippen molar-refractivity contribution in [3.05, 3.63) is 0 Å². The Hall–Kier alpha value is -0.0800. The lowest BCUT2D eigenvalue weighted by Crippen LogP contribution is -2.33. The molecule has 2 heteroatoms. The minimum absolute atomic E-state index is 0.262.